The van der Waals surface area contributed by atoms with E-state index in [4.69, 9.17) is 4.74 Å². The van der Waals surface area contributed by atoms with Crippen LogP contribution in [0, 0.1) is 0 Å². The van der Waals surface area contributed by atoms with E-state index in [2.05, 4.69) is 5.32 Å². The van der Waals surface area contributed by atoms with Crippen LogP contribution in [0.2, 0.25) is 0 Å². The molecule has 1 unspecified atom stereocenters. The smallest absolute Gasteiger partial charge is 0.306 e. The van der Waals surface area contributed by atoms with Crippen LogP contribution in [0.5, 0.6) is 5.75 Å². The van der Waals surface area contributed by atoms with Crippen molar-refractivity contribution in [1.29, 1.82) is 0 Å². The fraction of sp³-hybridized carbons (Fsp3) is 0.652. The molecule has 0 saturated carbocycles. The molecule has 0 bridgehead atoms. The third-order valence-corrected chi connectivity index (χ3v) is 7.13. The number of carbonyl (C=O) groups is 2. The first-order valence-corrected chi connectivity index (χ1v) is 12.4. The number of ether oxygens (including phenoxy) is 1. The van der Waals surface area contributed by atoms with Crippen molar-refractivity contribution in [2.45, 2.75) is 77.7 Å². The van der Waals surface area contributed by atoms with E-state index in [1.165, 1.54) is 0 Å². The Kier molecular flexibility index (Phi) is 7.46. The lowest BCUT2D eigenvalue weighted by atomic mass is 9.78. The van der Waals surface area contributed by atoms with Crippen molar-refractivity contribution in [3.8, 4) is 5.75 Å². The maximum Gasteiger partial charge on any atom is 0.306 e. The van der Waals surface area contributed by atoms with E-state index in [-0.39, 0.29) is 34.5 Å². The number of benzene rings is 1. The minimum absolute atomic E-state index is 0.0669. The lowest BCUT2D eigenvalue weighted by molar-refractivity contribution is -0.148. The van der Waals surface area contributed by atoms with Crippen molar-refractivity contribution in [2.75, 3.05) is 18.1 Å². The number of sulfone groups is 1. The van der Waals surface area contributed by atoms with Gasteiger partial charge in [-0.25, -0.2) is 8.42 Å². The quantitative estimate of drug-likeness (QED) is 0.641. The van der Waals surface area contributed by atoms with Crippen LogP contribution in [0.25, 0.3) is 0 Å². The van der Waals surface area contributed by atoms with Gasteiger partial charge in [0.15, 0.2) is 16.4 Å². The Balaban J connectivity index is 1.96. The number of rotatable bonds is 6. The number of amides is 1. The largest absolute Gasteiger partial charge is 0.507 e. The third-order valence-electron chi connectivity index (χ3n) is 5.37. The normalized spacial score (nSPS) is 18.6. The first-order valence-electron chi connectivity index (χ1n) is 10.6. The summed E-state index contributed by atoms with van der Waals surface area (Å²) in [6, 6.07) is 3.43. The number of esters is 1. The lowest BCUT2D eigenvalue weighted by Crippen LogP contribution is -2.38. The molecule has 0 aliphatic carbocycles. The SMILES string of the molecule is CC(C)(C)c1cc(CCC(=O)OCC(=O)NC2CCS(=O)(=O)C2)cc(C(C)(C)C)c1O. The van der Waals surface area contributed by atoms with Crippen LogP contribution in [-0.2, 0) is 41.4 Å². The van der Waals surface area contributed by atoms with Crippen LogP contribution >= 0.6 is 0 Å². The second kappa shape index (κ2) is 9.18. The summed E-state index contributed by atoms with van der Waals surface area (Å²) in [5.74, 6) is -0.712. The Morgan fingerprint density at radius 2 is 1.65 bits per heavy atom. The van der Waals surface area contributed by atoms with Crippen molar-refractivity contribution < 1.29 is 27.9 Å². The van der Waals surface area contributed by atoms with E-state index in [1.54, 1.807) is 0 Å². The molecule has 1 heterocycles. The standard InChI is InChI=1S/C23H35NO6S/c1-22(2,3)17-11-15(12-18(21(17)27)23(4,5)6)7-8-20(26)30-13-19(25)24-16-9-10-31(28,29)14-16/h11-12,16,27H,7-10,13-14H2,1-6H3,(H,24,25). The summed E-state index contributed by atoms with van der Waals surface area (Å²) in [5, 5.41) is 13.4. The van der Waals surface area contributed by atoms with Crippen LogP contribution in [0.4, 0.5) is 0 Å². The predicted octanol–water partition coefficient (Wildman–Crippen LogP) is 2.77. The van der Waals surface area contributed by atoms with Gasteiger partial charge in [0.25, 0.3) is 5.91 Å². The van der Waals surface area contributed by atoms with Crippen molar-refractivity contribution in [2.24, 2.45) is 0 Å². The van der Waals surface area contributed by atoms with E-state index in [9.17, 15) is 23.1 Å². The number of phenols is 1. The highest BCUT2D eigenvalue weighted by Crippen LogP contribution is 2.40. The first-order chi connectivity index (χ1) is 14.1. The van der Waals surface area contributed by atoms with Gasteiger partial charge in [-0.2, -0.15) is 0 Å². The molecule has 8 heteroatoms. The molecule has 0 aromatic heterocycles. The topological polar surface area (TPSA) is 110 Å². The van der Waals surface area contributed by atoms with Crippen LogP contribution in [0.3, 0.4) is 0 Å². The lowest BCUT2D eigenvalue weighted by Gasteiger charge is -2.28. The molecule has 0 spiro atoms. The number of aromatic hydroxyl groups is 1. The number of nitrogens with one attached hydrogen (secondary N) is 1. The molecule has 1 atom stereocenters. The molecule has 1 saturated heterocycles. The molecule has 0 radical (unpaired) electrons. The summed E-state index contributed by atoms with van der Waals surface area (Å²) >= 11 is 0. The monoisotopic (exact) mass is 453 g/mol. The molecule has 2 N–H and O–H groups in total. The molecule has 1 aliphatic rings. The molecule has 31 heavy (non-hydrogen) atoms. The zero-order valence-electron chi connectivity index (χ0n) is 19.4. The van der Waals surface area contributed by atoms with E-state index in [0.29, 0.717) is 12.8 Å². The van der Waals surface area contributed by atoms with E-state index >= 15 is 0 Å². The van der Waals surface area contributed by atoms with E-state index < -0.39 is 34.4 Å². The zero-order valence-corrected chi connectivity index (χ0v) is 20.2. The molecular formula is C23H35NO6S. The molecule has 1 fully saturated rings. The second-order valence-corrected chi connectivity index (χ2v) is 12.6. The van der Waals surface area contributed by atoms with Crippen LogP contribution in [0.15, 0.2) is 12.1 Å². The third kappa shape index (κ3) is 7.23. The van der Waals surface area contributed by atoms with Gasteiger partial charge < -0.3 is 15.2 Å². The number of hydrogen-bond donors (Lipinski definition) is 2. The van der Waals surface area contributed by atoms with Gasteiger partial charge in [-0.15, -0.1) is 0 Å². The van der Waals surface area contributed by atoms with Gasteiger partial charge >= 0.3 is 5.97 Å². The minimum atomic E-state index is -3.08. The summed E-state index contributed by atoms with van der Waals surface area (Å²) in [6.07, 6.45) is 0.909. The Labute approximate surface area is 185 Å². The number of phenolic OH excluding ortho intramolecular Hbond substituents is 1. The average molecular weight is 454 g/mol. The summed E-state index contributed by atoms with van der Waals surface area (Å²) in [6.45, 7) is 11.7. The maximum absolute atomic E-state index is 12.1. The van der Waals surface area contributed by atoms with Crippen molar-refractivity contribution in [3.63, 3.8) is 0 Å². The first kappa shape index (κ1) is 25.2. The molecule has 174 valence electrons. The second-order valence-electron chi connectivity index (χ2n) is 10.4. The minimum Gasteiger partial charge on any atom is -0.507 e. The fourth-order valence-electron chi connectivity index (χ4n) is 3.62. The molecule has 1 aromatic carbocycles. The molecule has 1 aliphatic heterocycles. The highest BCUT2D eigenvalue weighted by atomic mass is 32.2. The Hall–Kier alpha value is -2.09. The molecule has 7 nitrogen and oxygen atoms in total. The summed E-state index contributed by atoms with van der Waals surface area (Å²) in [4.78, 5) is 24.1. The van der Waals surface area contributed by atoms with Gasteiger partial charge in [0.2, 0.25) is 0 Å². The number of aryl methyl sites for hydroxylation is 1. The highest BCUT2D eigenvalue weighted by Gasteiger charge is 2.29. The van der Waals surface area contributed by atoms with Crippen molar-refractivity contribution in [3.05, 3.63) is 28.8 Å². The van der Waals surface area contributed by atoms with Crippen molar-refractivity contribution in [1.82, 2.24) is 5.32 Å². The average Bonchev–Trinajstić information content (AvgIpc) is 2.95. The summed E-state index contributed by atoms with van der Waals surface area (Å²) in [7, 11) is -3.08. The van der Waals surface area contributed by atoms with Crippen LogP contribution < -0.4 is 5.32 Å². The fourth-order valence-corrected chi connectivity index (χ4v) is 5.30. The molecule has 1 amide bonds. The van der Waals surface area contributed by atoms with Gasteiger partial charge in [0.05, 0.1) is 11.5 Å². The van der Waals surface area contributed by atoms with E-state index in [0.717, 1.165) is 16.7 Å². The summed E-state index contributed by atoms with van der Waals surface area (Å²) in [5.41, 5.74) is 2.06. The highest BCUT2D eigenvalue weighted by molar-refractivity contribution is 7.91. The van der Waals surface area contributed by atoms with Gasteiger partial charge in [0.1, 0.15) is 5.75 Å². The zero-order chi connectivity index (χ0) is 23.6. The Bertz CT molecular complexity index is 903. The van der Waals surface area contributed by atoms with Gasteiger partial charge in [-0.3, -0.25) is 9.59 Å². The number of carbonyl (C=O) groups excluding carboxylic acids is 2. The van der Waals surface area contributed by atoms with Crippen LogP contribution in [0.1, 0.15) is 71.1 Å². The molecule has 2 rings (SSSR count). The van der Waals surface area contributed by atoms with E-state index in [1.807, 2.05) is 53.7 Å². The Morgan fingerprint density at radius 1 is 1.10 bits per heavy atom. The van der Waals surface area contributed by atoms with Gasteiger partial charge in [0, 0.05) is 12.5 Å². The number of hydrogen-bond acceptors (Lipinski definition) is 6. The van der Waals surface area contributed by atoms with Gasteiger partial charge in [-0.1, -0.05) is 53.7 Å². The molecular weight excluding hydrogens is 418 g/mol. The Morgan fingerprint density at radius 3 is 2.10 bits per heavy atom. The maximum atomic E-state index is 12.1. The predicted molar refractivity (Wildman–Crippen MR) is 120 cm³/mol. The summed E-state index contributed by atoms with van der Waals surface area (Å²) < 4.78 is 28.0. The van der Waals surface area contributed by atoms with Gasteiger partial charge in [-0.05, 0) is 40.4 Å². The van der Waals surface area contributed by atoms with Crippen molar-refractivity contribution >= 4 is 21.7 Å². The molecule has 1 aromatic rings. The van der Waals surface area contributed by atoms with Crippen LogP contribution in [-0.4, -0.2) is 49.6 Å².